The molecule has 2 aromatic rings. The summed E-state index contributed by atoms with van der Waals surface area (Å²) in [6, 6.07) is 8.67. The first kappa shape index (κ1) is 19.5. The number of hydrogen-bond acceptors (Lipinski definition) is 9. The lowest BCUT2D eigenvalue weighted by Crippen LogP contribution is -2.60. The highest BCUT2D eigenvalue weighted by Crippen LogP contribution is 2.40. The van der Waals surface area contributed by atoms with Gasteiger partial charge in [0, 0.05) is 16.7 Å². The number of ether oxygens (including phenoxy) is 2. The lowest BCUT2D eigenvalue weighted by molar-refractivity contribution is -0.277. The number of aliphatic hydroxyl groups excluding tert-OH is 4. The van der Waals surface area contributed by atoms with Crippen LogP contribution < -0.4 is 4.74 Å². The number of benzene rings is 2. The minimum absolute atomic E-state index is 0.00564. The molecule has 9 heteroatoms. The lowest BCUT2D eigenvalue weighted by atomic mass is 9.83. The van der Waals surface area contributed by atoms with E-state index in [1.165, 1.54) is 18.2 Å². The van der Waals surface area contributed by atoms with E-state index in [-0.39, 0.29) is 22.3 Å². The summed E-state index contributed by atoms with van der Waals surface area (Å²) in [5.74, 6) is -1.89. The SMILES string of the molecule is O=C1c2ccccc2C(=O)c2c1ccc(O)c2OC1O[C@H](CO)[C@H](O)[C@H](O)[C@H]1O. The first-order valence-electron chi connectivity index (χ1n) is 8.86. The zero-order valence-electron chi connectivity index (χ0n) is 14.9. The molecule has 152 valence electrons. The van der Waals surface area contributed by atoms with Crippen molar-refractivity contribution in [2.45, 2.75) is 30.7 Å². The molecule has 1 fully saturated rings. The van der Waals surface area contributed by atoms with Gasteiger partial charge in [-0.2, -0.15) is 0 Å². The Hall–Kier alpha value is -2.82. The average molecular weight is 402 g/mol. The second-order valence-corrected chi connectivity index (χ2v) is 6.86. The van der Waals surface area contributed by atoms with E-state index in [9.17, 15) is 35.1 Å². The van der Waals surface area contributed by atoms with Crippen molar-refractivity contribution in [1.82, 2.24) is 0 Å². The third kappa shape index (κ3) is 3.00. The van der Waals surface area contributed by atoms with Crippen LogP contribution in [-0.2, 0) is 4.74 Å². The monoisotopic (exact) mass is 402 g/mol. The molecule has 29 heavy (non-hydrogen) atoms. The van der Waals surface area contributed by atoms with Gasteiger partial charge in [0.1, 0.15) is 24.4 Å². The van der Waals surface area contributed by atoms with Gasteiger partial charge < -0.3 is 35.0 Å². The minimum atomic E-state index is -1.75. The second kappa shape index (κ2) is 7.21. The number of phenols is 1. The molecule has 4 rings (SSSR count). The topological polar surface area (TPSA) is 154 Å². The second-order valence-electron chi connectivity index (χ2n) is 6.86. The number of aromatic hydroxyl groups is 1. The van der Waals surface area contributed by atoms with Crippen LogP contribution in [0.2, 0.25) is 0 Å². The van der Waals surface area contributed by atoms with Crippen LogP contribution in [0, 0.1) is 0 Å². The maximum atomic E-state index is 13.0. The molecule has 2 aliphatic rings. The fourth-order valence-corrected chi connectivity index (χ4v) is 3.55. The molecule has 9 nitrogen and oxygen atoms in total. The Morgan fingerprint density at radius 2 is 1.52 bits per heavy atom. The molecule has 1 aliphatic carbocycles. The summed E-state index contributed by atoms with van der Waals surface area (Å²) in [6.45, 7) is -0.672. The molecule has 0 spiro atoms. The molecule has 0 saturated carbocycles. The number of phenolic OH excluding ortho intramolecular Hbond substituents is 1. The molecular weight excluding hydrogens is 384 g/mol. The summed E-state index contributed by atoms with van der Waals surface area (Å²) in [7, 11) is 0. The standard InChI is InChI=1S/C20H18O9/c21-7-12-16(25)17(26)18(27)20(28-12)29-19-11(22)6-5-10-13(19)15(24)9-4-2-1-3-8(9)14(10)23/h1-6,12,16-18,20-22,25-27H,7H2/t12-,16+,17+,18-,20?/m1/s1. The minimum Gasteiger partial charge on any atom is -0.504 e. The maximum Gasteiger partial charge on any atom is 0.229 e. The van der Waals surface area contributed by atoms with E-state index in [2.05, 4.69) is 0 Å². The number of carbonyl (C=O) groups excluding carboxylic acids is 2. The molecule has 5 N–H and O–H groups in total. The highest BCUT2D eigenvalue weighted by atomic mass is 16.7. The van der Waals surface area contributed by atoms with Crippen LogP contribution in [0.25, 0.3) is 0 Å². The van der Waals surface area contributed by atoms with Crippen molar-refractivity contribution in [2.75, 3.05) is 6.61 Å². The van der Waals surface area contributed by atoms with E-state index in [0.29, 0.717) is 0 Å². The van der Waals surface area contributed by atoms with Crippen molar-refractivity contribution in [3.8, 4) is 11.5 Å². The predicted octanol–water partition coefficient (Wildman–Crippen LogP) is -0.654. The molecule has 0 bridgehead atoms. The number of hydrogen-bond donors (Lipinski definition) is 5. The maximum absolute atomic E-state index is 13.0. The molecule has 1 heterocycles. The zero-order valence-corrected chi connectivity index (χ0v) is 14.9. The van der Waals surface area contributed by atoms with E-state index in [0.717, 1.165) is 6.07 Å². The van der Waals surface area contributed by atoms with Gasteiger partial charge in [-0.1, -0.05) is 24.3 Å². The fourth-order valence-electron chi connectivity index (χ4n) is 3.55. The molecule has 2 aromatic carbocycles. The Bertz CT molecular complexity index is 984. The van der Waals surface area contributed by atoms with Gasteiger partial charge in [0.2, 0.25) is 6.29 Å². The smallest absolute Gasteiger partial charge is 0.229 e. The van der Waals surface area contributed by atoms with Gasteiger partial charge in [0.15, 0.2) is 23.1 Å². The fraction of sp³-hybridized carbons (Fsp3) is 0.300. The van der Waals surface area contributed by atoms with Crippen LogP contribution in [0.1, 0.15) is 31.8 Å². The van der Waals surface area contributed by atoms with Crippen LogP contribution in [0.4, 0.5) is 0 Å². The Labute approximate surface area is 164 Å². The predicted molar refractivity (Wildman–Crippen MR) is 95.8 cm³/mol. The Morgan fingerprint density at radius 3 is 2.17 bits per heavy atom. The largest absolute Gasteiger partial charge is 0.504 e. The van der Waals surface area contributed by atoms with Crippen LogP contribution in [-0.4, -0.2) is 74.4 Å². The molecule has 0 aromatic heterocycles. The Morgan fingerprint density at radius 1 is 0.862 bits per heavy atom. The Balaban J connectivity index is 1.77. The van der Waals surface area contributed by atoms with E-state index < -0.39 is 60.4 Å². The zero-order chi connectivity index (χ0) is 20.9. The van der Waals surface area contributed by atoms with E-state index in [1.807, 2.05) is 0 Å². The molecule has 1 saturated heterocycles. The van der Waals surface area contributed by atoms with Gasteiger partial charge >= 0.3 is 0 Å². The van der Waals surface area contributed by atoms with Crippen LogP contribution in [0.15, 0.2) is 36.4 Å². The van der Waals surface area contributed by atoms with Crippen LogP contribution in [0.5, 0.6) is 11.5 Å². The lowest BCUT2D eigenvalue weighted by Gasteiger charge is -2.39. The van der Waals surface area contributed by atoms with Crippen LogP contribution >= 0.6 is 0 Å². The van der Waals surface area contributed by atoms with Gasteiger partial charge in [-0.25, -0.2) is 0 Å². The van der Waals surface area contributed by atoms with Gasteiger partial charge in [-0.05, 0) is 12.1 Å². The number of fused-ring (bicyclic) bond motifs is 2. The summed E-state index contributed by atoms with van der Waals surface area (Å²) >= 11 is 0. The third-order valence-electron chi connectivity index (χ3n) is 5.11. The number of ketones is 2. The summed E-state index contributed by atoms with van der Waals surface area (Å²) < 4.78 is 10.8. The summed E-state index contributed by atoms with van der Waals surface area (Å²) in [4.78, 5) is 25.8. The first-order valence-corrected chi connectivity index (χ1v) is 8.86. The van der Waals surface area contributed by atoms with Crippen molar-refractivity contribution in [3.63, 3.8) is 0 Å². The van der Waals surface area contributed by atoms with Gasteiger partial charge in [-0.15, -0.1) is 0 Å². The molecule has 1 aliphatic heterocycles. The van der Waals surface area contributed by atoms with Gasteiger partial charge in [0.05, 0.1) is 12.2 Å². The summed E-state index contributed by atoms with van der Waals surface area (Å²) in [5, 5.41) is 49.6. The van der Waals surface area contributed by atoms with E-state index in [4.69, 9.17) is 9.47 Å². The Kier molecular flexibility index (Phi) is 4.85. The molecule has 0 amide bonds. The molecule has 5 atom stereocenters. The molecule has 1 unspecified atom stereocenters. The van der Waals surface area contributed by atoms with Crippen molar-refractivity contribution >= 4 is 11.6 Å². The third-order valence-corrected chi connectivity index (χ3v) is 5.11. The highest BCUT2D eigenvalue weighted by molar-refractivity contribution is 6.29. The first-order chi connectivity index (χ1) is 13.8. The molecular formula is C20H18O9. The summed E-state index contributed by atoms with van der Waals surface area (Å²) in [5.41, 5.74) is 0.153. The number of carbonyl (C=O) groups is 2. The van der Waals surface area contributed by atoms with Crippen molar-refractivity contribution in [3.05, 3.63) is 58.7 Å². The molecule has 0 radical (unpaired) electrons. The number of rotatable bonds is 3. The number of aliphatic hydroxyl groups is 4. The average Bonchev–Trinajstić information content (AvgIpc) is 2.73. The van der Waals surface area contributed by atoms with E-state index >= 15 is 0 Å². The highest BCUT2D eigenvalue weighted by Gasteiger charge is 2.45. The van der Waals surface area contributed by atoms with Crippen LogP contribution in [0.3, 0.4) is 0 Å². The summed E-state index contributed by atoms with van der Waals surface area (Å²) in [6.07, 6.45) is -7.90. The van der Waals surface area contributed by atoms with Crippen molar-refractivity contribution in [2.24, 2.45) is 0 Å². The quantitative estimate of drug-likeness (QED) is 0.384. The normalized spacial score (nSPS) is 28.6. The van der Waals surface area contributed by atoms with Gasteiger partial charge in [-0.3, -0.25) is 9.59 Å². The van der Waals surface area contributed by atoms with Gasteiger partial charge in [0.25, 0.3) is 0 Å². The van der Waals surface area contributed by atoms with Crippen molar-refractivity contribution in [1.29, 1.82) is 0 Å². The van der Waals surface area contributed by atoms with Crippen molar-refractivity contribution < 1.29 is 44.6 Å². The van der Waals surface area contributed by atoms with E-state index in [1.54, 1.807) is 12.1 Å².